The van der Waals surface area contributed by atoms with Gasteiger partial charge in [-0.15, -0.1) is 0 Å². The molecule has 0 spiro atoms. The fourth-order valence-corrected chi connectivity index (χ4v) is 0.922. The van der Waals surface area contributed by atoms with Crippen molar-refractivity contribution in [1.29, 1.82) is 0 Å². The van der Waals surface area contributed by atoms with Crippen molar-refractivity contribution in [3.63, 3.8) is 0 Å². The summed E-state index contributed by atoms with van der Waals surface area (Å²) in [7, 11) is 0. The molecule has 0 aliphatic heterocycles. The number of aromatic nitrogens is 1. The minimum atomic E-state index is -0.917. The lowest BCUT2D eigenvalue weighted by atomic mass is 10.3. The highest BCUT2D eigenvalue weighted by Crippen LogP contribution is 2.02. The number of aryl methyl sites for hydroxylation is 1. The number of hydrogen-bond donors (Lipinski definition) is 1. The summed E-state index contributed by atoms with van der Waals surface area (Å²) in [6, 6.07) is 1.88. The molecule has 0 saturated carbocycles. The lowest BCUT2D eigenvalue weighted by Crippen LogP contribution is -1.87. The highest BCUT2D eigenvalue weighted by atomic mass is 16.4. The van der Waals surface area contributed by atoms with E-state index < -0.39 is 5.97 Å². The number of nitrogens with zero attached hydrogens (tertiary/aromatic N) is 1. The van der Waals surface area contributed by atoms with E-state index in [2.05, 4.69) is 0 Å². The second-order valence-electron chi connectivity index (χ2n) is 2.45. The Balaban J connectivity index is 2.70. The molecule has 0 aliphatic carbocycles. The van der Waals surface area contributed by atoms with Crippen LogP contribution in [0.25, 0.3) is 6.08 Å². The molecule has 0 radical (unpaired) electrons. The average Bonchev–Trinajstić information content (AvgIpc) is 2.48. The van der Waals surface area contributed by atoms with Crippen LogP contribution in [0.4, 0.5) is 0 Å². The van der Waals surface area contributed by atoms with Gasteiger partial charge in [-0.1, -0.05) is 0 Å². The van der Waals surface area contributed by atoms with E-state index >= 15 is 0 Å². The summed E-state index contributed by atoms with van der Waals surface area (Å²) in [5.74, 6) is -0.917. The van der Waals surface area contributed by atoms with Crippen molar-refractivity contribution in [2.45, 2.75) is 13.5 Å². The Hall–Kier alpha value is -1.51. The van der Waals surface area contributed by atoms with Crippen LogP contribution >= 0.6 is 0 Å². The Morgan fingerprint density at radius 2 is 2.50 bits per heavy atom. The van der Waals surface area contributed by atoms with E-state index in [-0.39, 0.29) is 0 Å². The van der Waals surface area contributed by atoms with Gasteiger partial charge in [0.2, 0.25) is 0 Å². The third kappa shape index (κ3) is 2.27. The average molecular weight is 165 g/mol. The molecular weight excluding hydrogens is 154 g/mol. The molecule has 0 saturated heterocycles. The topological polar surface area (TPSA) is 42.2 Å². The maximum absolute atomic E-state index is 10.2. The molecule has 12 heavy (non-hydrogen) atoms. The van der Waals surface area contributed by atoms with Gasteiger partial charge in [-0.3, -0.25) is 0 Å². The zero-order chi connectivity index (χ0) is 8.97. The van der Waals surface area contributed by atoms with Crippen molar-refractivity contribution in [2.75, 3.05) is 0 Å². The van der Waals surface area contributed by atoms with Gasteiger partial charge in [-0.25, -0.2) is 4.79 Å². The van der Waals surface area contributed by atoms with E-state index in [0.717, 1.165) is 18.2 Å². The van der Waals surface area contributed by atoms with Crippen LogP contribution in [0.5, 0.6) is 0 Å². The van der Waals surface area contributed by atoms with Gasteiger partial charge in [0.05, 0.1) is 0 Å². The molecule has 1 aromatic heterocycles. The largest absolute Gasteiger partial charge is 0.478 e. The van der Waals surface area contributed by atoms with Gasteiger partial charge in [-0.05, 0) is 24.6 Å². The number of hydrogen-bond acceptors (Lipinski definition) is 1. The number of carboxylic acids is 1. The maximum atomic E-state index is 10.2. The van der Waals surface area contributed by atoms with Gasteiger partial charge >= 0.3 is 5.97 Å². The fraction of sp³-hybridized carbons (Fsp3) is 0.222. The molecule has 3 heteroatoms. The predicted octanol–water partition coefficient (Wildman–Crippen LogP) is 1.61. The van der Waals surface area contributed by atoms with Crippen molar-refractivity contribution < 1.29 is 9.90 Å². The summed E-state index contributed by atoms with van der Waals surface area (Å²) >= 11 is 0. The van der Waals surface area contributed by atoms with Crippen LogP contribution in [0.1, 0.15) is 12.5 Å². The minimum Gasteiger partial charge on any atom is -0.478 e. The summed E-state index contributed by atoms with van der Waals surface area (Å²) in [5.41, 5.74) is 0.916. The molecule has 1 N–H and O–H groups in total. The van der Waals surface area contributed by atoms with Crippen LogP contribution in [0, 0.1) is 0 Å². The molecule has 1 aromatic rings. The Labute approximate surface area is 70.9 Å². The third-order valence-electron chi connectivity index (χ3n) is 1.56. The van der Waals surface area contributed by atoms with E-state index in [4.69, 9.17) is 5.11 Å². The number of aliphatic carboxylic acids is 1. The predicted molar refractivity (Wildman–Crippen MR) is 46.8 cm³/mol. The second kappa shape index (κ2) is 3.76. The maximum Gasteiger partial charge on any atom is 0.328 e. The quantitative estimate of drug-likeness (QED) is 0.691. The second-order valence-corrected chi connectivity index (χ2v) is 2.45. The van der Waals surface area contributed by atoms with Crippen molar-refractivity contribution in [1.82, 2.24) is 4.57 Å². The van der Waals surface area contributed by atoms with Crippen LogP contribution in [-0.4, -0.2) is 15.6 Å². The lowest BCUT2D eigenvalue weighted by molar-refractivity contribution is -0.131. The zero-order valence-corrected chi connectivity index (χ0v) is 6.90. The lowest BCUT2D eigenvalue weighted by Gasteiger charge is -1.91. The van der Waals surface area contributed by atoms with Crippen molar-refractivity contribution >= 4 is 12.0 Å². The van der Waals surface area contributed by atoms with Gasteiger partial charge < -0.3 is 9.67 Å². The Kier molecular flexibility index (Phi) is 2.69. The monoisotopic (exact) mass is 165 g/mol. The highest BCUT2D eigenvalue weighted by Gasteiger charge is 1.91. The molecule has 0 bridgehead atoms. The van der Waals surface area contributed by atoms with E-state index in [1.807, 2.05) is 30.0 Å². The first kappa shape index (κ1) is 8.59. The van der Waals surface area contributed by atoms with Gasteiger partial charge in [0.25, 0.3) is 0 Å². The van der Waals surface area contributed by atoms with Crippen LogP contribution in [-0.2, 0) is 11.3 Å². The van der Waals surface area contributed by atoms with E-state index in [0.29, 0.717) is 0 Å². The Morgan fingerprint density at radius 3 is 3.00 bits per heavy atom. The molecule has 1 heterocycles. The molecule has 64 valence electrons. The van der Waals surface area contributed by atoms with Crippen molar-refractivity contribution in [3.8, 4) is 0 Å². The van der Waals surface area contributed by atoms with Gasteiger partial charge in [0.1, 0.15) is 0 Å². The highest BCUT2D eigenvalue weighted by molar-refractivity contribution is 5.85. The SMILES string of the molecule is CCn1ccc(C=CC(=O)O)c1. The summed E-state index contributed by atoms with van der Waals surface area (Å²) < 4.78 is 1.99. The molecule has 0 aromatic carbocycles. The van der Waals surface area contributed by atoms with Crippen LogP contribution in [0.15, 0.2) is 24.5 Å². The first-order chi connectivity index (χ1) is 5.72. The van der Waals surface area contributed by atoms with Crippen molar-refractivity contribution in [2.24, 2.45) is 0 Å². The molecule has 0 fully saturated rings. The minimum absolute atomic E-state index is 0.904. The van der Waals surface area contributed by atoms with Crippen LogP contribution in [0.3, 0.4) is 0 Å². The van der Waals surface area contributed by atoms with E-state index in [1.165, 1.54) is 0 Å². The van der Waals surface area contributed by atoms with E-state index in [1.54, 1.807) is 6.08 Å². The first-order valence-corrected chi connectivity index (χ1v) is 3.79. The number of rotatable bonds is 3. The van der Waals surface area contributed by atoms with Gasteiger partial charge in [-0.2, -0.15) is 0 Å². The molecule has 0 aliphatic rings. The zero-order valence-electron chi connectivity index (χ0n) is 6.90. The third-order valence-corrected chi connectivity index (χ3v) is 1.56. The molecule has 3 nitrogen and oxygen atoms in total. The molecular formula is C9H11NO2. The standard InChI is InChI=1S/C9H11NO2/c1-2-10-6-5-8(7-10)3-4-9(11)12/h3-7H,2H2,1H3,(H,11,12). The number of carbonyl (C=O) groups is 1. The fourth-order valence-electron chi connectivity index (χ4n) is 0.922. The molecule has 0 amide bonds. The Morgan fingerprint density at radius 1 is 1.75 bits per heavy atom. The van der Waals surface area contributed by atoms with Gasteiger partial charge in [0, 0.05) is 25.0 Å². The summed E-state index contributed by atoms with van der Waals surface area (Å²) in [6.07, 6.45) is 6.53. The first-order valence-electron chi connectivity index (χ1n) is 3.79. The smallest absolute Gasteiger partial charge is 0.328 e. The molecule has 0 unspecified atom stereocenters. The molecule has 0 atom stereocenters. The summed E-state index contributed by atoms with van der Waals surface area (Å²) in [6.45, 7) is 2.94. The van der Waals surface area contributed by atoms with Crippen LogP contribution < -0.4 is 0 Å². The van der Waals surface area contributed by atoms with Crippen LogP contribution in [0.2, 0.25) is 0 Å². The number of carboxylic acid groups (broad SMARTS) is 1. The summed E-state index contributed by atoms with van der Waals surface area (Å²) in [4.78, 5) is 10.2. The molecule has 1 rings (SSSR count). The Bertz CT molecular complexity index is 299. The van der Waals surface area contributed by atoms with Gasteiger partial charge in [0.15, 0.2) is 0 Å². The van der Waals surface area contributed by atoms with E-state index in [9.17, 15) is 4.79 Å². The van der Waals surface area contributed by atoms with Crippen molar-refractivity contribution in [3.05, 3.63) is 30.1 Å². The normalized spacial score (nSPS) is 10.8. The summed E-state index contributed by atoms with van der Waals surface area (Å²) in [5, 5.41) is 8.35.